The van der Waals surface area contributed by atoms with Gasteiger partial charge in [0.1, 0.15) is 36.1 Å². The molecule has 4 aliphatic rings. The third kappa shape index (κ3) is 4.23. The minimum absolute atomic E-state index is 0.0415. The molecular formula is C27H27F2N5O5. The van der Waals surface area contributed by atoms with Gasteiger partial charge in [-0.2, -0.15) is 0 Å². The lowest BCUT2D eigenvalue weighted by Crippen LogP contribution is -2.49. The van der Waals surface area contributed by atoms with Gasteiger partial charge in [-0.3, -0.25) is 14.5 Å². The third-order valence-electron chi connectivity index (χ3n) is 8.03. The molecule has 2 heterocycles. The van der Waals surface area contributed by atoms with Crippen LogP contribution >= 0.6 is 0 Å². The number of hydrogen-bond acceptors (Lipinski definition) is 5. The van der Waals surface area contributed by atoms with E-state index < -0.39 is 47.6 Å². The molecule has 3 N–H and O–H groups in total. The van der Waals surface area contributed by atoms with Crippen LogP contribution in [-0.4, -0.2) is 59.9 Å². The second-order valence-electron chi connectivity index (χ2n) is 10.4. The summed E-state index contributed by atoms with van der Waals surface area (Å²) in [6.07, 6.45) is 2.40. The average molecular weight is 540 g/mol. The van der Waals surface area contributed by atoms with E-state index in [0.717, 1.165) is 23.8 Å². The zero-order valence-corrected chi connectivity index (χ0v) is 21.2. The lowest BCUT2D eigenvalue weighted by Gasteiger charge is -2.30. The van der Waals surface area contributed by atoms with Crippen LogP contribution in [0.3, 0.4) is 0 Å². The number of carbonyl (C=O) groups excluding carboxylic acids is 4. The summed E-state index contributed by atoms with van der Waals surface area (Å²) in [5.74, 6) is -1.57. The summed E-state index contributed by atoms with van der Waals surface area (Å²) >= 11 is 0. The molecule has 2 aliphatic carbocycles. The van der Waals surface area contributed by atoms with E-state index in [9.17, 15) is 28.0 Å². The first-order valence-electron chi connectivity index (χ1n) is 12.9. The Balaban J connectivity index is 1.25. The Labute approximate surface area is 222 Å². The molecule has 0 aromatic heterocycles. The maximum Gasteiger partial charge on any atom is 0.325 e. The summed E-state index contributed by atoms with van der Waals surface area (Å²) in [7, 11) is 1.40. The van der Waals surface area contributed by atoms with Crippen molar-refractivity contribution in [2.75, 3.05) is 25.5 Å². The number of hydrogen-bond donors (Lipinski definition) is 3. The van der Waals surface area contributed by atoms with Crippen LogP contribution in [0.5, 0.6) is 5.75 Å². The number of urea groups is 2. The monoisotopic (exact) mass is 539 g/mol. The van der Waals surface area contributed by atoms with Crippen LogP contribution < -0.4 is 20.7 Å². The van der Waals surface area contributed by atoms with Gasteiger partial charge in [-0.05, 0) is 73.1 Å². The fraction of sp³-hybridized carbons (Fsp3) is 0.407. The standard InChI is InChI=1S/C27H27F2N5O5/c1-30-25(37)31-20-9-15-6-7-27(18(15)10-19(20)29)24(36)34(26(38)32-27)12-23(35)33-11-16-8-17(28)4-5-22(16)39-13-21(33)14-2-3-14/h4-5,8-10,14,21H,2-3,6-7,11-13H2,1H3,(H,32,38)(H2,30,31,37). The Kier molecular flexibility index (Phi) is 5.92. The number of amides is 6. The number of anilines is 1. The molecule has 2 aliphatic heterocycles. The number of ether oxygens (including phenoxy) is 1. The number of halogens is 2. The van der Waals surface area contributed by atoms with Gasteiger partial charge in [-0.25, -0.2) is 18.4 Å². The second-order valence-corrected chi connectivity index (χ2v) is 10.4. The van der Waals surface area contributed by atoms with Crippen molar-refractivity contribution < 1.29 is 32.7 Å². The van der Waals surface area contributed by atoms with Crippen molar-refractivity contribution in [1.82, 2.24) is 20.4 Å². The molecule has 1 saturated carbocycles. The number of nitrogens with one attached hydrogen (secondary N) is 3. The topological polar surface area (TPSA) is 120 Å². The number of aryl methyl sites for hydroxylation is 1. The van der Waals surface area contributed by atoms with E-state index >= 15 is 0 Å². The van der Waals surface area contributed by atoms with Crippen molar-refractivity contribution in [1.29, 1.82) is 0 Å². The Morgan fingerprint density at radius 3 is 2.69 bits per heavy atom. The highest BCUT2D eigenvalue weighted by atomic mass is 19.1. The Bertz CT molecular complexity index is 1410. The molecule has 2 atom stereocenters. The molecule has 2 aromatic carbocycles. The summed E-state index contributed by atoms with van der Waals surface area (Å²) < 4.78 is 34.7. The first kappa shape index (κ1) is 25.1. The highest BCUT2D eigenvalue weighted by Crippen LogP contribution is 2.43. The molecule has 2 fully saturated rings. The number of rotatable bonds is 4. The molecule has 6 amide bonds. The molecule has 10 nitrogen and oxygen atoms in total. The first-order valence-corrected chi connectivity index (χ1v) is 12.9. The van der Waals surface area contributed by atoms with Crippen LogP contribution in [0.15, 0.2) is 30.3 Å². The molecule has 204 valence electrons. The number of benzene rings is 2. The number of nitrogens with zero attached hydrogens (tertiary/aromatic N) is 2. The van der Waals surface area contributed by atoms with Crippen LogP contribution in [-0.2, 0) is 28.1 Å². The summed E-state index contributed by atoms with van der Waals surface area (Å²) in [4.78, 5) is 54.4. The molecule has 1 spiro atoms. The quantitative estimate of drug-likeness (QED) is 0.516. The number of carbonyl (C=O) groups is 4. The molecule has 1 saturated heterocycles. The zero-order valence-electron chi connectivity index (χ0n) is 21.2. The smallest absolute Gasteiger partial charge is 0.325 e. The SMILES string of the molecule is CNC(=O)Nc1cc2c(cc1F)C1(CC2)NC(=O)N(CC(=O)N2Cc3cc(F)ccc3OCC2C2CC2)C1=O. The van der Waals surface area contributed by atoms with Crippen LogP contribution in [0.4, 0.5) is 24.1 Å². The molecule has 6 rings (SSSR count). The maximum atomic E-state index is 14.9. The van der Waals surface area contributed by atoms with Crippen molar-refractivity contribution in [3.8, 4) is 5.75 Å². The van der Waals surface area contributed by atoms with Gasteiger partial charge in [-0.15, -0.1) is 0 Å². The Morgan fingerprint density at radius 2 is 1.95 bits per heavy atom. The second kappa shape index (κ2) is 9.21. The fourth-order valence-electron chi connectivity index (χ4n) is 5.83. The van der Waals surface area contributed by atoms with Crippen molar-refractivity contribution >= 4 is 29.6 Å². The van der Waals surface area contributed by atoms with Crippen LogP contribution in [0.25, 0.3) is 0 Å². The minimum Gasteiger partial charge on any atom is -0.491 e. The summed E-state index contributed by atoms with van der Waals surface area (Å²) in [5, 5.41) is 7.45. The zero-order chi connectivity index (χ0) is 27.5. The fourth-order valence-corrected chi connectivity index (χ4v) is 5.83. The van der Waals surface area contributed by atoms with Gasteiger partial charge >= 0.3 is 12.1 Å². The van der Waals surface area contributed by atoms with E-state index in [1.807, 2.05) is 0 Å². The van der Waals surface area contributed by atoms with Crippen molar-refractivity contribution in [2.45, 2.75) is 43.8 Å². The van der Waals surface area contributed by atoms with Gasteiger partial charge in [0, 0.05) is 19.2 Å². The van der Waals surface area contributed by atoms with Gasteiger partial charge in [0.25, 0.3) is 5.91 Å². The predicted octanol–water partition coefficient (Wildman–Crippen LogP) is 2.61. The van der Waals surface area contributed by atoms with E-state index in [1.54, 1.807) is 4.90 Å². The van der Waals surface area contributed by atoms with Crippen molar-refractivity contribution in [3.05, 3.63) is 58.7 Å². The van der Waals surface area contributed by atoms with Gasteiger partial charge in [0.2, 0.25) is 5.91 Å². The molecule has 2 aromatic rings. The van der Waals surface area contributed by atoms with Crippen molar-refractivity contribution in [3.63, 3.8) is 0 Å². The summed E-state index contributed by atoms with van der Waals surface area (Å²) in [5.41, 5.74) is -0.102. The molecule has 2 unspecified atom stereocenters. The lowest BCUT2D eigenvalue weighted by molar-refractivity contribution is -0.141. The molecule has 12 heteroatoms. The lowest BCUT2D eigenvalue weighted by atomic mass is 9.91. The molecule has 39 heavy (non-hydrogen) atoms. The summed E-state index contributed by atoms with van der Waals surface area (Å²) in [6.45, 7) is -0.177. The van der Waals surface area contributed by atoms with Crippen LogP contribution in [0.1, 0.15) is 36.0 Å². The van der Waals surface area contributed by atoms with Crippen molar-refractivity contribution in [2.24, 2.45) is 5.92 Å². The predicted molar refractivity (Wildman–Crippen MR) is 134 cm³/mol. The highest BCUT2D eigenvalue weighted by Gasteiger charge is 2.56. The normalized spacial score (nSPS) is 23.6. The molecule has 0 radical (unpaired) electrons. The van der Waals surface area contributed by atoms with E-state index in [2.05, 4.69) is 16.0 Å². The Hall–Kier alpha value is -4.22. The minimum atomic E-state index is -1.49. The van der Waals surface area contributed by atoms with Gasteiger partial charge < -0.3 is 25.6 Å². The molecule has 0 bridgehead atoms. The maximum absolute atomic E-state index is 14.9. The van der Waals surface area contributed by atoms with Gasteiger partial charge in [0.15, 0.2) is 0 Å². The van der Waals surface area contributed by atoms with E-state index in [4.69, 9.17) is 4.74 Å². The highest BCUT2D eigenvalue weighted by molar-refractivity contribution is 6.10. The molecular weight excluding hydrogens is 512 g/mol. The van der Waals surface area contributed by atoms with E-state index in [0.29, 0.717) is 28.9 Å². The van der Waals surface area contributed by atoms with Crippen LogP contribution in [0.2, 0.25) is 0 Å². The number of fused-ring (bicyclic) bond motifs is 3. The van der Waals surface area contributed by atoms with Gasteiger partial charge in [-0.1, -0.05) is 0 Å². The Morgan fingerprint density at radius 1 is 1.15 bits per heavy atom. The van der Waals surface area contributed by atoms with Gasteiger partial charge in [0.05, 0.1) is 11.7 Å². The first-order chi connectivity index (χ1) is 18.7. The van der Waals surface area contributed by atoms with Crippen LogP contribution in [0, 0.1) is 17.6 Å². The average Bonchev–Trinajstić information content (AvgIpc) is 3.68. The largest absolute Gasteiger partial charge is 0.491 e. The van der Waals surface area contributed by atoms with E-state index in [-0.39, 0.29) is 37.2 Å². The summed E-state index contributed by atoms with van der Waals surface area (Å²) in [6, 6.07) is 5.17. The third-order valence-corrected chi connectivity index (χ3v) is 8.03. The number of imide groups is 1. The van der Waals surface area contributed by atoms with E-state index in [1.165, 1.54) is 31.3 Å².